The zero-order valence-electron chi connectivity index (χ0n) is 13.8. The summed E-state index contributed by atoms with van der Waals surface area (Å²) < 4.78 is 0. The van der Waals surface area contributed by atoms with Gasteiger partial charge in [-0.25, -0.2) is 0 Å². The van der Waals surface area contributed by atoms with Crippen LogP contribution in [0.1, 0.15) is 55.5 Å². The summed E-state index contributed by atoms with van der Waals surface area (Å²) in [6.07, 6.45) is 2.29. The second-order valence-corrected chi connectivity index (χ2v) is 7.71. The molecule has 2 aliphatic rings. The molecule has 1 fully saturated rings. The first-order valence-electron chi connectivity index (χ1n) is 8.15. The molecule has 0 spiro atoms. The Hall–Kier alpha value is -1.12. The molecular formula is C19H28N2. The van der Waals surface area contributed by atoms with E-state index >= 15 is 0 Å². The summed E-state index contributed by atoms with van der Waals surface area (Å²) in [5, 5.41) is 7.48. The van der Waals surface area contributed by atoms with Crippen LogP contribution < -0.4 is 10.6 Å². The van der Waals surface area contributed by atoms with Gasteiger partial charge in [0.25, 0.3) is 0 Å². The molecule has 1 aliphatic heterocycles. The van der Waals surface area contributed by atoms with Crippen LogP contribution in [0.15, 0.2) is 18.7 Å². The summed E-state index contributed by atoms with van der Waals surface area (Å²) in [5.74, 6) is 0. The molecule has 0 radical (unpaired) electrons. The fourth-order valence-electron chi connectivity index (χ4n) is 3.71. The van der Waals surface area contributed by atoms with Crippen molar-refractivity contribution in [2.45, 2.75) is 52.6 Å². The van der Waals surface area contributed by atoms with Gasteiger partial charge < -0.3 is 10.6 Å². The van der Waals surface area contributed by atoms with Crippen molar-refractivity contribution in [1.82, 2.24) is 10.6 Å². The average Bonchev–Trinajstić information content (AvgIpc) is 2.81. The van der Waals surface area contributed by atoms with E-state index in [2.05, 4.69) is 57.0 Å². The highest BCUT2D eigenvalue weighted by Gasteiger charge is 2.31. The summed E-state index contributed by atoms with van der Waals surface area (Å²) in [6, 6.07) is 5.53. The quantitative estimate of drug-likeness (QED) is 0.823. The maximum atomic E-state index is 4.20. The monoisotopic (exact) mass is 284 g/mol. The Morgan fingerprint density at radius 1 is 1.14 bits per heavy atom. The van der Waals surface area contributed by atoms with E-state index in [9.17, 15) is 0 Å². The summed E-state index contributed by atoms with van der Waals surface area (Å²) in [5.41, 5.74) is 7.45. The van der Waals surface area contributed by atoms with Gasteiger partial charge in [0.2, 0.25) is 0 Å². The number of hydrogen-bond acceptors (Lipinski definition) is 2. The van der Waals surface area contributed by atoms with Crippen molar-refractivity contribution >= 4 is 5.57 Å². The van der Waals surface area contributed by atoms with E-state index in [0.717, 1.165) is 25.9 Å². The highest BCUT2D eigenvalue weighted by atomic mass is 15.1. The van der Waals surface area contributed by atoms with Gasteiger partial charge in [-0.1, -0.05) is 39.5 Å². The molecule has 2 heteroatoms. The van der Waals surface area contributed by atoms with Crippen molar-refractivity contribution in [3.05, 3.63) is 41.0 Å². The number of piperazine rings is 1. The Labute approximate surface area is 129 Å². The van der Waals surface area contributed by atoms with Crippen molar-refractivity contribution in [3.8, 4) is 0 Å². The molecule has 0 amide bonds. The predicted molar refractivity (Wildman–Crippen MR) is 90.5 cm³/mol. The maximum Gasteiger partial charge on any atom is 0.0452 e. The molecule has 1 aromatic carbocycles. The first-order valence-corrected chi connectivity index (χ1v) is 8.15. The number of allylic oxidation sites excluding steroid dienone is 1. The molecule has 2 unspecified atom stereocenters. The third-order valence-electron chi connectivity index (χ3n) is 5.22. The lowest BCUT2D eigenvalue weighted by molar-refractivity contribution is 0.206. The molecule has 21 heavy (non-hydrogen) atoms. The van der Waals surface area contributed by atoms with Gasteiger partial charge in [-0.3, -0.25) is 0 Å². The third kappa shape index (κ3) is 2.67. The van der Waals surface area contributed by atoms with Crippen molar-refractivity contribution in [1.29, 1.82) is 0 Å². The van der Waals surface area contributed by atoms with Gasteiger partial charge in [0, 0.05) is 25.2 Å². The molecule has 3 rings (SSSR count). The van der Waals surface area contributed by atoms with Crippen molar-refractivity contribution < 1.29 is 0 Å². The molecule has 0 bridgehead atoms. The number of hydrogen-bond donors (Lipinski definition) is 2. The van der Waals surface area contributed by atoms with E-state index in [1.54, 1.807) is 0 Å². The van der Waals surface area contributed by atoms with Crippen LogP contribution >= 0.6 is 0 Å². The number of benzene rings is 1. The van der Waals surface area contributed by atoms with Gasteiger partial charge in [0.1, 0.15) is 0 Å². The van der Waals surface area contributed by atoms with Gasteiger partial charge in [-0.15, -0.1) is 0 Å². The predicted octanol–water partition coefficient (Wildman–Crippen LogP) is 3.60. The number of rotatable bonds is 1. The molecule has 114 valence electrons. The molecular weight excluding hydrogens is 256 g/mol. The van der Waals surface area contributed by atoms with E-state index in [1.165, 1.54) is 27.8 Å². The number of fused-ring (bicyclic) bond motifs is 1. The zero-order chi connectivity index (χ0) is 15.2. The fraction of sp³-hybridized carbons (Fsp3) is 0.579. The Balaban J connectivity index is 1.89. The molecule has 2 atom stereocenters. The van der Waals surface area contributed by atoms with Gasteiger partial charge in [-0.05, 0) is 53.0 Å². The van der Waals surface area contributed by atoms with Gasteiger partial charge in [0.15, 0.2) is 0 Å². The molecule has 2 nitrogen and oxygen atoms in total. The van der Waals surface area contributed by atoms with Crippen LogP contribution in [-0.2, 0) is 6.42 Å². The van der Waals surface area contributed by atoms with Crippen LogP contribution in [0.3, 0.4) is 0 Å². The van der Waals surface area contributed by atoms with E-state index in [0.29, 0.717) is 12.1 Å². The SMILES string of the molecule is C=C1CCc2c1ccc(C1CNCC(C(C)(C)C)N1)c2C. The highest BCUT2D eigenvalue weighted by Crippen LogP contribution is 2.36. The molecule has 0 saturated carbocycles. The molecule has 1 saturated heterocycles. The lowest BCUT2D eigenvalue weighted by atomic mass is 9.83. The van der Waals surface area contributed by atoms with Gasteiger partial charge in [-0.2, -0.15) is 0 Å². The minimum atomic E-state index is 0.282. The van der Waals surface area contributed by atoms with E-state index < -0.39 is 0 Å². The Morgan fingerprint density at radius 3 is 2.62 bits per heavy atom. The van der Waals surface area contributed by atoms with E-state index in [4.69, 9.17) is 0 Å². The maximum absolute atomic E-state index is 4.20. The van der Waals surface area contributed by atoms with Crippen LogP contribution in [0.2, 0.25) is 0 Å². The standard InChI is InChI=1S/C19H28N2/c1-12-6-7-15-13(2)16(9-8-14(12)15)17-10-20-11-18(21-17)19(3,4)5/h8-9,17-18,20-21H,1,6-7,10-11H2,2-5H3. The van der Waals surface area contributed by atoms with Crippen molar-refractivity contribution in [3.63, 3.8) is 0 Å². The summed E-state index contributed by atoms with van der Waals surface area (Å²) in [7, 11) is 0. The lowest BCUT2D eigenvalue weighted by Gasteiger charge is -2.40. The lowest BCUT2D eigenvalue weighted by Crippen LogP contribution is -2.55. The van der Waals surface area contributed by atoms with Crippen LogP contribution in [-0.4, -0.2) is 19.1 Å². The Bertz CT molecular complexity index is 566. The fourth-order valence-corrected chi connectivity index (χ4v) is 3.71. The summed E-state index contributed by atoms with van der Waals surface area (Å²) in [4.78, 5) is 0. The molecule has 1 aromatic rings. The number of nitrogens with one attached hydrogen (secondary N) is 2. The third-order valence-corrected chi connectivity index (χ3v) is 5.22. The Morgan fingerprint density at radius 2 is 1.90 bits per heavy atom. The summed E-state index contributed by atoms with van der Waals surface area (Å²) in [6.45, 7) is 15.5. The van der Waals surface area contributed by atoms with Gasteiger partial charge >= 0.3 is 0 Å². The zero-order valence-corrected chi connectivity index (χ0v) is 13.8. The molecule has 1 heterocycles. The minimum absolute atomic E-state index is 0.282. The normalized spacial score (nSPS) is 26.0. The highest BCUT2D eigenvalue weighted by molar-refractivity contribution is 5.72. The largest absolute Gasteiger partial charge is 0.313 e. The smallest absolute Gasteiger partial charge is 0.0452 e. The molecule has 2 N–H and O–H groups in total. The second kappa shape index (κ2) is 5.26. The van der Waals surface area contributed by atoms with Crippen LogP contribution in [0, 0.1) is 12.3 Å². The van der Waals surface area contributed by atoms with E-state index in [1.807, 2.05) is 0 Å². The Kier molecular flexibility index (Phi) is 3.71. The van der Waals surface area contributed by atoms with Crippen molar-refractivity contribution in [2.75, 3.05) is 13.1 Å². The van der Waals surface area contributed by atoms with Crippen LogP contribution in [0.25, 0.3) is 5.57 Å². The topological polar surface area (TPSA) is 24.1 Å². The first-order chi connectivity index (χ1) is 9.88. The minimum Gasteiger partial charge on any atom is -0.313 e. The first kappa shape index (κ1) is 14.8. The summed E-state index contributed by atoms with van der Waals surface area (Å²) >= 11 is 0. The van der Waals surface area contributed by atoms with E-state index in [-0.39, 0.29) is 5.41 Å². The molecule has 0 aromatic heterocycles. The van der Waals surface area contributed by atoms with Crippen molar-refractivity contribution in [2.24, 2.45) is 5.41 Å². The molecule has 1 aliphatic carbocycles. The van der Waals surface area contributed by atoms with Gasteiger partial charge in [0.05, 0.1) is 0 Å². The average molecular weight is 284 g/mol. The second-order valence-electron chi connectivity index (χ2n) is 7.71. The van der Waals surface area contributed by atoms with Crippen LogP contribution in [0.4, 0.5) is 0 Å². The van der Waals surface area contributed by atoms with Crippen LogP contribution in [0.5, 0.6) is 0 Å².